The molecule has 1 aliphatic heterocycles. The van der Waals surface area contributed by atoms with Crippen LogP contribution in [0.15, 0.2) is 24.3 Å². The molecule has 1 aliphatic rings. The third-order valence-electron chi connectivity index (χ3n) is 3.31. The summed E-state index contributed by atoms with van der Waals surface area (Å²) in [5.41, 5.74) is 2.41. The Bertz CT molecular complexity index is 471. The number of hydrogen-bond donors (Lipinski definition) is 1. The van der Waals surface area contributed by atoms with Gasteiger partial charge in [-0.15, -0.1) is 0 Å². The highest BCUT2D eigenvalue weighted by Crippen LogP contribution is 2.09. The van der Waals surface area contributed by atoms with Crippen LogP contribution >= 0.6 is 0 Å². The van der Waals surface area contributed by atoms with E-state index in [0.29, 0.717) is 6.54 Å². The van der Waals surface area contributed by atoms with Crippen molar-refractivity contribution < 1.29 is 9.59 Å². The smallest absolute Gasteiger partial charge is 0.242 e. The first-order valence-corrected chi connectivity index (χ1v) is 6.20. The first-order chi connectivity index (χ1) is 8.58. The lowest BCUT2D eigenvalue weighted by Crippen LogP contribution is -2.57. The molecule has 1 aromatic rings. The van der Waals surface area contributed by atoms with Gasteiger partial charge in [-0.2, -0.15) is 0 Å². The maximum atomic E-state index is 11.7. The molecule has 0 aromatic heterocycles. The first-order valence-electron chi connectivity index (χ1n) is 6.20. The summed E-state index contributed by atoms with van der Waals surface area (Å²) in [4.78, 5) is 24.9. The standard InChI is InChI=1S/C14H18N2O2/c1-10-4-3-5-12(8-10)6-7-16-11(2)14(18)15-9-13(16)17/h3-5,8,11H,6-7,9H2,1-2H3,(H,15,18). The van der Waals surface area contributed by atoms with E-state index in [0.717, 1.165) is 6.42 Å². The molecule has 0 radical (unpaired) electrons. The second kappa shape index (κ2) is 5.21. The molecule has 1 fully saturated rings. The molecular formula is C14H18N2O2. The molecule has 1 unspecified atom stereocenters. The van der Waals surface area contributed by atoms with Gasteiger partial charge in [0.1, 0.15) is 6.04 Å². The zero-order valence-corrected chi connectivity index (χ0v) is 10.8. The summed E-state index contributed by atoms with van der Waals surface area (Å²) >= 11 is 0. The van der Waals surface area contributed by atoms with Gasteiger partial charge in [0.05, 0.1) is 6.54 Å². The van der Waals surface area contributed by atoms with Gasteiger partial charge in [-0.3, -0.25) is 9.59 Å². The number of piperazine rings is 1. The predicted octanol–water partition coefficient (Wildman–Crippen LogP) is 0.884. The van der Waals surface area contributed by atoms with Gasteiger partial charge in [-0.05, 0) is 25.8 Å². The zero-order valence-electron chi connectivity index (χ0n) is 10.8. The van der Waals surface area contributed by atoms with E-state index >= 15 is 0 Å². The topological polar surface area (TPSA) is 49.4 Å². The average Bonchev–Trinajstić information content (AvgIpc) is 2.34. The summed E-state index contributed by atoms with van der Waals surface area (Å²) in [7, 11) is 0. The normalized spacial score (nSPS) is 19.9. The Morgan fingerprint density at radius 3 is 2.89 bits per heavy atom. The number of carbonyl (C=O) groups excluding carboxylic acids is 2. The van der Waals surface area contributed by atoms with Crippen molar-refractivity contribution in [3.8, 4) is 0 Å². The summed E-state index contributed by atoms with van der Waals surface area (Å²) in [5.74, 6) is -0.0754. The molecule has 2 rings (SSSR count). The molecule has 1 heterocycles. The van der Waals surface area contributed by atoms with E-state index < -0.39 is 0 Å². The van der Waals surface area contributed by atoms with Crippen molar-refractivity contribution >= 4 is 11.8 Å². The van der Waals surface area contributed by atoms with Crippen LogP contribution in [0.2, 0.25) is 0 Å². The van der Waals surface area contributed by atoms with E-state index in [1.165, 1.54) is 11.1 Å². The second-order valence-corrected chi connectivity index (χ2v) is 4.72. The van der Waals surface area contributed by atoms with Gasteiger partial charge in [0.15, 0.2) is 0 Å². The van der Waals surface area contributed by atoms with Gasteiger partial charge in [-0.1, -0.05) is 29.8 Å². The number of nitrogens with one attached hydrogen (secondary N) is 1. The van der Waals surface area contributed by atoms with E-state index in [-0.39, 0.29) is 24.4 Å². The van der Waals surface area contributed by atoms with Crippen LogP contribution < -0.4 is 5.32 Å². The van der Waals surface area contributed by atoms with Crippen molar-refractivity contribution in [2.45, 2.75) is 26.3 Å². The minimum absolute atomic E-state index is 0.00486. The fourth-order valence-corrected chi connectivity index (χ4v) is 2.21. The molecular weight excluding hydrogens is 228 g/mol. The Labute approximate surface area is 107 Å². The number of rotatable bonds is 3. The molecule has 4 heteroatoms. The van der Waals surface area contributed by atoms with Crippen LogP contribution in [0.3, 0.4) is 0 Å². The fraction of sp³-hybridized carbons (Fsp3) is 0.429. The highest BCUT2D eigenvalue weighted by molar-refractivity contribution is 5.94. The molecule has 1 saturated heterocycles. The molecule has 0 aliphatic carbocycles. The van der Waals surface area contributed by atoms with E-state index in [1.807, 2.05) is 25.1 Å². The Balaban J connectivity index is 2.00. The SMILES string of the molecule is Cc1cccc(CCN2C(=O)CNC(=O)C2C)c1. The first kappa shape index (κ1) is 12.6. The van der Waals surface area contributed by atoms with Crippen molar-refractivity contribution in [1.82, 2.24) is 10.2 Å². The summed E-state index contributed by atoms with van der Waals surface area (Å²) in [5, 5.41) is 2.59. The quantitative estimate of drug-likeness (QED) is 0.861. The molecule has 18 heavy (non-hydrogen) atoms. The van der Waals surface area contributed by atoms with Gasteiger partial charge in [0.2, 0.25) is 11.8 Å². The van der Waals surface area contributed by atoms with Crippen LogP contribution in [-0.4, -0.2) is 35.8 Å². The minimum Gasteiger partial charge on any atom is -0.345 e. The van der Waals surface area contributed by atoms with E-state index in [1.54, 1.807) is 11.8 Å². The zero-order chi connectivity index (χ0) is 13.1. The number of carbonyl (C=O) groups is 2. The van der Waals surface area contributed by atoms with Gasteiger partial charge >= 0.3 is 0 Å². The number of benzene rings is 1. The number of nitrogens with zero attached hydrogens (tertiary/aromatic N) is 1. The van der Waals surface area contributed by atoms with Crippen LogP contribution in [0.5, 0.6) is 0 Å². The van der Waals surface area contributed by atoms with Crippen LogP contribution in [-0.2, 0) is 16.0 Å². The molecule has 0 bridgehead atoms. The number of aryl methyl sites for hydroxylation is 1. The van der Waals surface area contributed by atoms with Crippen molar-refractivity contribution in [1.29, 1.82) is 0 Å². The Kier molecular flexibility index (Phi) is 3.65. The second-order valence-electron chi connectivity index (χ2n) is 4.72. The summed E-state index contributed by atoms with van der Waals surface area (Å²) in [6.45, 7) is 4.53. The van der Waals surface area contributed by atoms with Crippen molar-refractivity contribution in [2.75, 3.05) is 13.1 Å². The number of hydrogen-bond acceptors (Lipinski definition) is 2. The third kappa shape index (κ3) is 2.70. The Morgan fingerprint density at radius 2 is 2.17 bits per heavy atom. The van der Waals surface area contributed by atoms with Crippen LogP contribution in [0.25, 0.3) is 0 Å². The Morgan fingerprint density at radius 1 is 1.39 bits per heavy atom. The van der Waals surface area contributed by atoms with Crippen molar-refractivity contribution in [3.63, 3.8) is 0 Å². The summed E-state index contributed by atoms with van der Waals surface area (Å²) in [6.07, 6.45) is 0.783. The fourth-order valence-electron chi connectivity index (χ4n) is 2.21. The average molecular weight is 246 g/mol. The molecule has 96 valence electrons. The van der Waals surface area contributed by atoms with Crippen LogP contribution in [0.1, 0.15) is 18.1 Å². The van der Waals surface area contributed by atoms with Crippen LogP contribution in [0.4, 0.5) is 0 Å². The summed E-state index contributed by atoms with van der Waals surface area (Å²) < 4.78 is 0. The lowest BCUT2D eigenvalue weighted by Gasteiger charge is -2.32. The monoisotopic (exact) mass is 246 g/mol. The number of amides is 2. The van der Waals surface area contributed by atoms with Gasteiger partial charge in [-0.25, -0.2) is 0 Å². The van der Waals surface area contributed by atoms with Crippen molar-refractivity contribution in [3.05, 3.63) is 35.4 Å². The van der Waals surface area contributed by atoms with E-state index in [9.17, 15) is 9.59 Å². The molecule has 1 N–H and O–H groups in total. The van der Waals surface area contributed by atoms with Crippen molar-refractivity contribution in [2.24, 2.45) is 0 Å². The lowest BCUT2D eigenvalue weighted by atomic mass is 10.1. The minimum atomic E-state index is -0.365. The van der Waals surface area contributed by atoms with E-state index in [2.05, 4.69) is 11.4 Å². The Hall–Kier alpha value is -1.84. The maximum Gasteiger partial charge on any atom is 0.242 e. The molecule has 2 amide bonds. The molecule has 0 spiro atoms. The van der Waals surface area contributed by atoms with Crippen LogP contribution in [0, 0.1) is 6.92 Å². The summed E-state index contributed by atoms with van der Waals surface area (Å²) in [6, 6.07) is 7.85. The predicted molar refractivity (Wildman–Crippen MR) is 69.1 cm³/mol. The molecule has 4 nitrogen and oxygen atoms in total. The molecule has 1 atom stereocenters. The highest BCUT2D eigenvalue weighted by Gasteiger charge is 2.30. The van der Waals surface area contributed by atoms with Gasteiger partial charge in [0, 0.05) is 6.54 Å². The molecule has 1 aromatic carbocycles. The highest BCUT2D eigenvalue weighted by atomic mass is 16.2. The third-order valence-corrected chi connectivity index (χ3v) is 3.31. The van der Waals surface area contributed by atoms with Gasteiger partial charge < -0.3 is 10.2 Å². The molecule has 0 saturated carbocycles. The maximum absolute atomic E-state index is 11.7. The lowest BCUT2D eigenvalue weighted by molar-refractivity contribution is -0.144. The van der Waals surface area contributed by atoms with Gasteiger partial charge in [0.25, 0.3) is 0 Å². The largest absolute Gasteiger partial charge is 0.345 e. The van der Waals surface area contributed by atoms with E-state index in [4.69, 9.17) is 0 Å².